The molecule has 0 unspecified atom stereocenters. The molecular weight excluding hydrogens is 638 g/mol. The summed E-state index contributed by atoms with van der Waals surface area (Å²) in [6.07, 6.45) is 2.19. The van der Waals surface area contributed by atoms with Crippen LogP contribution in [0.4, 0.5) is 0 Å². The van der Waals surface area contributed by atoms with Gasteiger partial charge in [-0.15, -0.1) is 0 Å². The van der Waals surface area contributed by atoms with Crippen LogP contribution in [0, 0.1) is 0 Å². The molecule has 0 aromatic rings. The number of rotatable bonds is 4. The van der Waals surface area contributed by atoms with Gasteiger partial charge in [0.1, 0.15) is 0 Å². The van der Waals surface area contributed by atoms with Gasteiger partial charge in [-0.3, -0.25) is 0 Å². The van der Waals surface area contributed by atoms with Gasteiger partial charge in [-0.05, 0) is 0 Å². The quantitative estimate of drug-likeness (QED) is 0.436. The summed E-state index contributed by atoms with van der Waals surface area (Å²) in [6.45, 7) is 0. The summed E-state index contributed by atoms with van der Waals surface area (Å²) in [6, 6.07) is 0. The Balaban J connectivity index is 4.23. The van der Waals surface area contributed by atoms with Gasteiger partial charge in [-0.2, -0.15) is 0 Å². The molecule has 0 aromatic carbocycles. The molecule has 1 nitrogen and oxygen atoms in total. The van der Waals surface area contributed by atoms with Crippen molar-refractivity contribution in [2.45, 2.75) is 0 Å². The van der Waals surface area contributed by atoms with E-state index in [0.717, 1.165) is 0 Å². The molecule has 0 spiro atoms. The normalized spacial score (nSPS) is 10.3. The van der Waals surface area contributed by atoms with Crippen molar-refractivity contribution in [2.24, 2.45) is 0 Å². The van der Waals surface area contributed by atoms with Crippen molar-refractivity contribution in [3.63, 3.8) is 0 Å². The number of hydrogen-bond donors (Lipinski definition) is 1. The van der Waals surface area contributed by atoms with E-state index in [2.05, 4.69) is 20.2 Å². The van der Waals surface area contributed by atoms with Crippen LogP contribution in [0.5, 0.6) is 0 Å². The van der Waals surface area contributed by atoms with Crippen LogP contribution in [-0.4, -0.2) is 19.7 Å². The minimum absolute atomic E-state index is 1.23. The molecule has 0 aliphatic heterocycles. The van der Waals surface area contributed by atoms with Crippen LogP contribution in [0.2, 0.25) is 0 Å². The molecule has 0 rings (SSSR count). The molecule has 0 aromatic heterocycles. The van der Waals surface area contributed by atoms with E-state index in [1.807, 2.05) is 7.05 Å². The summed E-state index contributed by atoms with van der Waals surface area (Å²) in [5, 5.41) is 3.13. The third-order valence-corrected chi connectivity index (χ3v) is 5.83. The second-order valence-corrected chi connectivity index (χ2v) is 4.87. The summed E-state index contributed by atoms with van der Waals surface area (Å²) in [5.41, 5.74) is 1.23. The Morgan fingerprint density at radius 3 is 2.20 bits per heavy atom. The summed E-state index contributed by atoms with van der Waals surface area (Å²) < 4.78 is 5.78. The molecule has 10 heavy (non-hydrogen) atoms. The first-order chi connectivity index (χ1) is 4.74. The average Bonchev–Trinajstić information content (AvgIpc) is 1.99. The zero-order valence-corrected chi connectivity index (χ0v) is 14.3. The van der Waals surface area contributed by atoms with Crippen molar-refractivity contribution in [3.05, 3.63) is 11.8 Å². The number of hydrogen-bond acceptors (Lipinski definition) is 1. The molecular formula is C6H7NW3. The predicted molar refractivity (Wildman–Crippen MR) is 34.3 cm³/mol. The molecule has 4 heteroatoms. The molecule has 0 saturated carbocycles. The average molecular weight is 645 g/mol. The third-order valence-electron chi connectivity index (χ3n) is 0.830. The first kappa shape index (κ1) is 11.2. The van der Waals surface area contributed by atoms with E-state index >= 15 is 0 Å². The summed E-state index contributed by atoms with van der Waals surface area (Å²) in [7, 11) is 1.95. The molecule has 0 aliphatic carbocycles. The standard InChI is InChI=1S/C6H7N.3W/c1-4-5-6(2)7-3;;;/h1-2,5,7H,3H3;;;. The zero-order chi connectivity index (χ0) is 7.98. The van der Waals surface area contributed by atoms with Crippen LogP contribution in [0.1, 0.15) is 0 Å². The monoisotopic (exact) mass is 645 g/mol. The number of nitrogens with one attached hydrogen (secondary N) is 1. The van der Waals surface area contributed by atoms with Crippen molar-refractivity contribution in [1.29, 1.82) is 0 Å². The molecule has 0 heterocycles. The van der Waals surface area contributed by atoms with E-state index in [9.17, 15) is 0 Å². The summed E-state index contributed by atoms with van der Waals surface area (Å²) in [5.74, 6) is 0. The van der Waals surface area contributed by atoms with Gasteiger partial charge in [0.05, 0.1) is 0 Å². The first-order valence-corrected chi connectivity index (χ1v) is 7.43. The van der Waals surface area contributed by atoms with Crippen LogP contribution in [0.15, 0.2) is 11.8 Å². The van der Waals surface area contributed by atoms with Gasteiger partial charge in [-0.25, -0.2) is 0 Å². The van der Waals surface area contributed by atoms with Crippen LogP contribution >= 0.6 is 0 Å². The molecule has 0 aliphatic rings. The zero-order valence-electron chi connectivity index (χ0n) is 5.46. The molecule has 54 valence electrons. The Labute approximate surface area is 93.9 Å². The molecule has 0 amide bonds. The van der Waals surface area contributed by atoms with Crippen LogP contribution in [0.3, 0.4) is 0 Å². The van der Waals surface area contributed by atoms with Crippen molar-refractivity contribution >= 4 is 12.7 Å². The second kappa shape index (κ2) is 6.90. The van der Waals surface area contributed by atoms with Gasteiger partial charge in [0, 0.05) is 0 Å². The van der Waals surface area contributed by atoms with Crippen LogP contribution in [-0.2, 0) is 58.1 Å². The topological polar surface area (TPSA) is 12.0 Å². The van der Waals surface area contributed by atoms with Crippen molar-refractivity contribution in [3.8, 4) is 0 Å². The molecule has 0 bridgehead atoms. The van der Waals surface area contributed by atoms with Gasteiger partial charge in [0.15, 0.2) is 0 Å². The molecule has 1 N–H and O–H groups in total. The van der Waals surface area contributed by atoms with E-state index in [1.54, 1.807) is 0 Å². The number of allylic oxidation sites excluding steroid dienone is 2. The molecule has 0 fully saturated rings. The molecule has 0 saturated heterocycles. The SMILES string of the molecule is CNC([CH]=[W])=C[C](=[W])[CH]=[W]. The Kier molecular flexibility index (Phi) is 7.73. The molecule has 0 radical (unpaired) electrons. The van der Waals surface area contributed by atoms with Crippen molar-refractivity contribution in [2.75, 3.05) is 7.05 Å². The van der Waals surface area contributed by atoms with E-state index < -0.39 is 0 Å². The van der Waals surface area contributed by atoms with Gasteiger partial charge < -0.3 is 0 Å². The fourth-order valence-corrected chi connectivity index (χ4v) is 1.72. The Bertz CT molecular complexity index is 183. The van der Waals surface area contributed by atoms with Gasteiger partial charge in [0.2, 0.25) is 0 Å². The van der Waals surface area contributed by atoms with Crippen molar-refractivity contribution in [1.82, 2.24) is 5.32 Å². The van der Waals surface area contributed by atoms with E-state index in [0.29, 0.717) is 0 Å². The molecule has 0 atom stereocenters. The maximum absolute atomic E-state index is 3.13. The van der Waals surface area contributed by atoms with Crippen LogP contribution < -0.4 is 5.32 Å². The third kappa shape index (κ3) is 4.94. The van der Waals surface area contributed by atoms with E-state index in [1.165, 1.54) is 67.7 Å². The van der Waals surface area contributed by atoms with Gasteiger partial charge in [-0.1, -0.05) is 0 Å². The maximum atomic E-state index is 3.13. The summed E-state index contributed by atoms with van der Waals surface area (Å²) in [4.78, 5) is 0. The predicted octanol–water partition coefficient (Wildman–Crippen LogP) is -0.493. The summed E-state index contributed by atoms with van der Waals surface area (Å²) >= 11 is 4.55. The van der Waals surface area contributed by atoms with Crippen LogP contribution in [0.25, 0.3) is 0 Å². The fraction of sp³-hybridized carbons (Fsp3) is 0.167. The van der Waals surface area contributed by atoms with Gasteiger partial charge in [0.25, 0.3) is 0 Å². The fourth-order valence-electron chi connectivity index (χ4n) is 0.352. The van der Waals surface area contributed by atoms with Gasteiger partial charge >= 0.3 is 94.9 Å². The van der Waals surface area contributed by atoms with E-state index in [-0.39, 0.29) is 0 Å². The van der Waals surface area contributed by atoms with Crippen molar-refractivity contribution < 1.29 is 58.1 Å². The first-order valence-electron chi connectivity index (χ1n) is 2.58. The van der Waals surface area contributed by atoms with E-state index in [4.69, 9.17) is 0 Å². The second-order valence-electron chi connectivity index (χ2n) is 1.49. The Hall–Kier alpha value is 1.21. The Morgan fingerprint density at radius 1 is 1.30 bits per heavy atom. The Morgan fingerprint density at radius 2 is 1.90 bits per heavy atom. The minimum atomic E-state index is 1.23.